The molecule has 1 aliphatic rings. The minimum Gasteiger partial charge on any atom is -0.0656 e. The maximum absolute atomic E-state index is 2.44. The molecule has 0 bridgehead atoms. The van der Waals surface area contributed by atoms with Crippen LogP contribution in [0.4, 0.5) is 0 Å². The minimum atomic E-state index is 1.02. The second kappa shape index (κ2) is 8.63. The quantitative estimate of drug-likeness (QED) is 0.265. The fourth-order valence-electron chi connectivity index (χ4n) is 5.08. The van der Waals surface area contributed by atoms with Gasteiger partial charge in [-0.3, -0.25) is 0 Å². The molecule has 32 heavy (non-hydrogen) atoms. The van der Waals surface area contributed by atoms with E-state index in [-0.39, 0.29) is 0 Å². The molecule has 5 aromatic rings. The zero-order chi connectivity index (χ0) is 22.1. The molecular weight excluding hydrogens is 384 g/mol. The van der Waals surface area contributed by atoms with Crippen molar-refractivity contribution in [2.24, 2.45) is 0 Å². The first-order valence-electron chi connectivity index (χ1n) is 11.9. The van der Waals surface area contributed by atoms with Crippen molar-refractivity contribution in [1.82, 2.24) is 0 Å². The normalized spacial score (nSPS) is 11.7. The van der Waals surface area contributed by atoms with Crippen molar-refractivity contribution in [3.63, 3.8) is 0 Å². The smallest absolute Gasteiger partial charge is 0.00130 e. The Bertz CT molecular complexity index is 1420. The summed E-state index contributed by atoms with van der Waals surface area (Å²) in [5.41, 5.74) is 9.89. The fraction of sp³-hybridized carbons (Fsp3) is 0.188. The van der Waals surface area contributed by atoms with E-state index in [9.17, 15) is 0 Å². The Morgan fingerprint density at radius 1 is 0.594 bits per heavy atom. The SMILES string of the molecule is CCC.CCc1ccc2ccccc2c1-c1ccc2c(c1)Cc1ccc3ccccc3c1-2. The molecule has 0 radical (unpaired) electrons. The molecule has 0 heterocycles. The first kappa shape index (κ1) is 20.5. The Kier molecular flexibility index (Phi) is 5.53. The number of benzene rings is 5. The Hall–Kier alpha value is -3.38. The first-order chi connectivity index (χ1) is 15.7. The summed E-state index contributed by atoms with van der Waals surface area (Å²) in [6, 6.07) is 33.8. The highest BCUT2D eigenvalue weighted by atomic mass is 14.2. The highest BCUT2D eigenvalue weighted by Gasteiger charge is 2.21. The van der Waals surface area contributed by atoms with Gasteiger partial charge in [-0.15, -0.1) is 0 Å². The summed E-state index contributed by atoms with van der Waals surface area (Å²) < 4.78 is 0. The molecule has 0 saturated heterocycles. The molecule has 158 valence electrons. The molecule has 0 aromatic heterocycles. The van der Waals surface area contributed by atoms with Crippen molar-refractivity contribution in [2.45, 2.75) is 40.0 Å². The Morgan fingerprint density at radius 2 is 1.22 bits per heavy atom. The van der Waals surface area contributed by atoms with Crippen LogP contribution in [0.3, 0.4) is 0 Å². The van der Waals surface area contributed by atoms with E-state index in [1.54, 1.807) is 0 Å². The molecule has 0 fully saturated rings. The standard InChI is InChI=1S/C29H22.C3H8/c1-2-19-11-12-20-7-3-5-9-25(20)28(19)22-15-16-27-24(17-22)18-23-14-13-21-8-4-6-10-26(21)29(23)27;1-3-2/h3-17H,2,18H2,1H3;3H2,1-2H3. The van der Waals surface area contributed by atoms with E-state index in [1.165, 1.54) is 66.9 Å². The molecule has 0 nitrogen and oxygen atoms in total. The first-order valence-corrected chi connectivity index (χ1v) is 11.9. The molecular formula is C32H30. The fourth-order valence-corrected chi connectivity index (χ4v) is 5.08. The van der Waals surface area contributed by atoms with Crippen LogP contribution in [0.1, 0.15) is 43.9 Å². The van der Waals surface area contributed by atoms with Gasteiger partial charge in [0, 0.05) is 0 Å². The van der Waals surface area contributed by atoms with Gasteiger partial charge in [-0.1, -0.05) is 118 Å². The summed E-state index contributed by atoms with van der Waals surface area (Å²) >= 11 is 0. The third-order valence-corrected chi connectivity index (χ3v) is 6.46. The van der Waals surface area contributed by atoms with E-state index >= 15 is 0 Å². The van der Waals surface area contributed by atoms with Crippen LogP contribution < -0.4 is 0 Å². The number of aryl methyl sites for hydroxylation is 1. The van der Waals surface area contributed by atoms with Crippen LogP contribution in [0.25, 0.3) is 43.8 Å². The highest BCUT2D eigenvalue weighted by Crippen LogP contribution is 2.43. The maximum atomic E-state index is 2.44. The Morgan fingerprint density at radius 3 is 1.91 bits per heavy atom. The lowest BCUT2D eigenvalue weighted by Crippen LogP contribution is -1.91. The summed E-state index contributed by atoms with van der Waals surface area (Å²) in [7, 11) is 0. The van der Waals surface area contributed by atoms with Crippen LogP contribution in [-0.4, -0.2) is 0 Å². The lowest BCUT2D eigenvalue weighted by molar-refractivity contribution is 1.09. The second-order valence-electron chi connectivity index (χ2n) is 8.75. The molecule has 0 amide bonds. The van der Waals surface area contributed by atoms with Gasteiger partial charge in [0.15, 0.2) is 0 Å². The monoisotopic (exact) mass is 414 g/mol. The lowest BCUT2D eigenvalue weighted by Gasteiger charge is -2.14. The van der Waals surface area contributed by atoms with Crippen molar-refractivity contribution in [3.05, 3.63) is 108 Å². The molecule has 0 atom stereocenters. The highest BCUT2D eigenvalue weighted by molar-refractivity contribution is 6.03. The molecule has 5 aromatic carbocycles. The van der Waals surface area contributed by atoms with Gasteiger partial charge < -0.3 is 0 Å². The molecule has 0 N–H and O–H groups in total. The molecule has 0 unspecified atom stereocenters. The number of rotatable bonds is 2. The van der Waals surface area contributed by atoms with E-state index in [2.05, 4.69) is 112 Å². The van der Waals surface area contributed by atoms with Crippen molar-refractivity contribution in [1.29, 1.82) is 0 Å². The van der Waals surface area contributed by atoms with Crippen LogP contribution in [-0.2, 0) is 12.8 Å². The number of hydrogen-bond donors (Lipinski definition) is 0. The van der Waals surface area contributed by atoms with Crippen LogP contribution in [0.5, 0.6) is 0 Å². The Balaban J connectivity index is 0.000000684. The Labute approximate surface area is 191 Å². The van der Waals surface area contributed by atoms with E-state index in [1.807, 2.05) is 0 Å². The molecule has 0 spiro atoms. The maximum Gasteiger partial charge on any atom is -0.00130 e. The summed E-state index contributed by atoms with van der Waals surface area (Å²) in [5.74, 6) is 0. The third-order valence-electron chi connectivity index (χ3n) is 6.46. The van der Waals surface area contributed by atoms with E-state index in [0.29, 0.717) is 0 Å². The average molecular weight is 415 g/mol. The van der Waals surface area contributed by atoms with Crippen molar-refractivity contribution in [2.75, 3.05) is 0 Å². The van der Waals surface area contributed by atoms with Gasteiger partial charge in [0.25, 0.3) is 0 Å². The topological polar surface area (TPSA) is 0 Å². The molecule has 6 rings (SSSR count). The van der Waals surface area contributed by atoms with Crippen molar-refractivity contribution >= 4 is 21.5 Å². The summed E-state index contributed by atoms with van der Waals surface area (Å²) in [5, 5.41) is 5.36. The molecule has 0 aliphatic heterocycles. The summed E-state index contributed by atoms with van der Waals surface area (Å²) in [6.45, 7) is 6.50. The van der Waals surface area contributed by atoms with Crippen LogP contribution in [0.15, 0.2) is 91.0 Å². The van der Waals surface area contributed by atoms with Gasteiger partial charge in [-0.25, -0.2) is 0 Å². The van der Waals surface area contributed by atoms with Gasteiger partial charge in [0.1, 0.15) is 0 Å². The molecule has 1 aliphatic carbocycles. The molecule has 0 saturated carbocycles. The van der Waals surface area contributed by atoms with E-state index in [4.69, 9.17) is 0 Å². The average Bonchev–Trinajstić information content (AvgIpc) is 3.22. The van der Waals surface area contributed by atoms with Gasteiger partial charge in [0.2, 0.25) is 0 Å². The van der Waals surface area contributed by atoms with E-state index in [0.717, 1.165) is 12.8 Å². The van der Waals surface area contributed by atoms with Gasteiger partial charge in [-0.2, -0.15) is 0 Å². The summed E-state index contributed by atoms with van der Waals surface area (Å²) in [6.07, 6.45) is 3.32. The zero-order valence-electron chi connectivity index (χ0n) is 19.3. The van der Waals surface area contributed by atoms with Gasteiger partial charge >= 0.3 is 0 Å². The van der Waals surface area contributed by atoms with E-state index < -0.39 is 0 Å². The van der Waals surface area contributed by atoms with Crippen LogP contribution in [0, 0.1) is 0 Å². The van der Waals surface area contributed by atoms with Crippen LogP contribution >= 0.6 is 0 Å². The number of fused-ring (bicyclic) bond motifs is 6. The lowest BCUT2D eigenvalue weighted by atomic mass is 9.90. The molecule has 0 heteroatoms. The largest absolute Gasteiger partial charge is 0.0656 e. The third kappa shape index (κ3) is 3.41. The van der Waals surface area contributed by atoms with Gasteiger partial charge in [-0.05, 0) is 73.3 Å². The van der Waals surface area contributed by atoms with Crippen molar-refractivity contribution < 1.29 is 0 Å². The zero-order valence-corrected chi connectivity index (χ0v) is 19.3. The van der Waals surface area contributed by atoms with Crippen molar-refractivity contribution in [3.8, 4) is 22.3 Å². The van der Waals surface area contributed by atoms with Crippen LogP contribution in [0.2, 0.25) is 0 Å². The predicted octanol–water partition coefficient (Wildman–Crippen LogP) is 9.21. The summed E-state index contributed by atoms with van der Waals surface area (Å²) in [4.78, 5) is 0. The predicted molar refractivity (Wildman–Crippen MR) is 140 cm³/mol. The second-order valence-corrected chi connectivity index (χ2v) is 8.75. The number of hydrogen-bond acceptors (Lipinski definition) is 0. The minimum absolute atomic E-state index is 1.02. The van der Waals surface area contributed by atoms with Gasteiger partial charge in [0.05, 0.1) is 0 Å².